The van der Waals surface area contributed by atoms with Crippen molar-refractivity contribution in [3.05, 3.63) is 74.1 Å². The smallest absolute Gasteiger partial charge is 0.341 e. The van der Waals surface area contributed by atoms with Crippen LogP contribution in [0.4, 0.5) is 5.69 Å². The second-order valence-electron chi connectivity index (χ2n) is 4.98. The number of non-ortho nitro benzene ring substituents is 1. The minimum atomic E-state index is -0.726. The molecule has 26 heavy (non-hydrogen) atoms. The number of benzene rings is 2. The summed E-state index contributed by atoms with van der Waals surface area (Å²) >= 11 is 11.9. The minimum Gasteiger partial charge on any atom is -0.452 e. The fourth-order valence-corrected chi connectivity index (χ4v) is 2.60. The third kappa shape index (κ3) is 3.81. The average Bonchev–Trinajstić information content (AvgIpc) is 3.09. The highest BCUT2D eigenvalue weighted by atomic mass is 35.5. The maximum Gasteiger partial charge on any atom is 0.341 e. The number of hydrogen-bond donors (Lipinski definition) is 0. The molecule has 0 aliphatic rings. The third-order valence-electron chi connectivity index (χ3n) is 3.29. The molecule has 0 atom stereocenters. The van der Waals surface area contributed by atoms with Crippen molar-refractivity contribution in [2.75, 3.05) is 0 Å². The Morgan fingerprint density at radius 2 is 1.77 bits per heavy atom. The number of esters is 1. The molecule has 0 N–H and O–H groups in total. The van der Waals surface area contributed by atoms with Crippen LogP contribution in [0.15, 0.2) is 46.9 Å². The zero-order chi connectivity index (χ0) is 18.7. The highest BCUT2D eigenvalue weighted by molar-refractivity contribution is 6.39. The van der Waals surface area contributed by atoms with Gasteiger partial charge in [-0.3, -0.25) is 10.1 Å². The van der Waals surface area contributed by atoms with E-state index in [2.05, 4.69) is 10.2 Å². The molecule has 0 fully saturated rings. The van der Waals surface area contributed by atoms with Crippen LogP contribution >= 0.6 is 23.2 Å². The number of nitro groups is 1. The molecular weight excluding hydrogens is 385 g/mol. The van der Waals surface area contributed by atoms with Crippen molar-refractivity contribution < 1.29 is 18.9 Å². The summed E-state index contributed by atoms with van der Waals surface area (Å²) in [5.74, 6) is -0.535. The lowest BCUT2D eigenvalue weighted by molar-refractivity contribution is -0.384. The molecule has 0 aliphatic heterocycles. The van der Waals surface area contributed by atoms with Crippen molar-refractivity contribution in [3.8, 4) is 11.5 Å². The summed E-state index contributed by atoms with van der Waals surface area (Å²) in [6.07, 6.45) is 0. The molecule has 0 unspecified atom stereocenters. The first kappa shape index (κ1) is 17.8. The summed E-state index contributed by atoms with van der Waals surface area (Å²) in [5, 5.41) is 18.6. The van der Waals surface area contributed by atoms with Crippen LogP contribution in [0.25, 0.3) is 11.5 Å². The van der Waals surface area contributed by atoms with E-state index in [1.807, 2.05) is 0 Å². The number of carbonyl (C=O) groups is 1. The quantitative estimate of drug-likeness (QED) is 0.360. The summed E-state index contributed by atoms with van der Waals surface area (Å²) < 4.78 is 10.5. The zero-order valence-electron chi connectivity index (χ0n) is 12.9. The maximum absolute atomic E-state index is 12.1. The van der Waals surface area contributed by atoms with Crippen LogP contribution < -0.4 is 0 Å². The molecule has 3 aromatic rings. The SMILES string of the molecule is O=C(OCc1nnc(-c2ccc([N+](=O)[O-])cc2)o1)c1c(Cl)cccc1Cl. The fourth-order valence-electron chi connectivity index (χ4n) is 2.05. The van der Waals surface area contributed by atoms with Crippen molar-refractivity contribution in [1.82, 2.24) is 10.2 Å². The highest BCUT2D eigenvalue weighted by Gasteiger charge is 2.18. The van der Waals surface area contributed by atoms with Gasteiger partial charge in [0, 0.05) is 17.7 Å². The van der Waals surface area contributed by atoms with Crippen LogP contribution in [0.1, 0.15) is 16.2 Å². The van der Waals surface area contributed by atoms with Gasteiger partial charge in [0.05, 0.1) is 20.5 Å². The lowest BCUT2D eigenvalue weighted by Crippen LogP contribution is -2.07. The van der Waals surface area contributed by atoms with Gasteiger partial charge in [0.1, 0.15) is 0 Å². The van der Waals surface area contributed by atoms with Gasteiger partial charge in [-0.2, -0.15) is 0 Å². The van der Waals surface area contributed by atoms with Crippen LogP contribution in [0, 0.1) is 10.1 Å². The Bertz CT molecular complexity index is 952. The standard InChI is InChI=1S/C16H9Cl2N3O5/c17-11-2-1-3-12(18)14(11)16(22)25-8-13-19-20-15(26-13)9-4-6-10(7-5-9)21(23)24/h1-7H,8H2. The van der Waals surface area contributed by atoms with Gasteiger partial charge < -0.3 is 9.15 Å². The minimum absolute atomic E-state index is 0.0472. The maximum atomic E-state index is 12.1. The number of hydrogen-bond acceptors (Lipinski definition) is 7. The lowest BCUT2D eigenvalue weighted by atomic mass is 10.2. The van der Waals surface area contributed by atoms with E-state index in [-0.39, 0.29) is 39.7 Å². The van der Waals surface area contributed by atoms with E-state index in [1.54, 1.807) is 6.07 Å². The van der Waals surface area contributed by atoms with E-state index in [0.717, 1.165) is 0 Å². The zero-order valence-corrected chi connectivity index (χ0v) is 14.4. The number of halogens is 2. The number of rotatable bonds is 5. The topological polar surface area (TPSA) is 108 Å². The van der Waals surface area contributed by atoms with Gasteiger partial charge in [-0.25, -0.2) is 4.79 Å². The molecule has 8 nitrogen and oxygen atoms in total. The lowest BCUT2D eigenvalue weighted by Gasteiger charge is -2.05. The molecule has 0 bridgehead atoms. The molecular formula is C16H9Cl2N3O5. The van der Waals surface area contributed by atoms with Gasteiger partial charge in [-0.05, 0) is 24.3 Å². The van der Waals surface area contributed by atoms with Crippen LogP contribution in [0.3, 0.4) is 0 Å². The molecule has 10 heteroatoms. The molecule has 132 valence electrons. The van der Waals surface area contributed by atoms with Crippen LogP contribution in [0.2, 0.25) is 10.0 Å². The summed E-state index contributed by atoms with van der Waals surface area (Å²) in [7, 11) is 0. The number of ether oxygens (including phenoxy) is 1. The number of aromatic nitrogens is 2. The molecule has 0 amide bonds. The van der Waals surface area contributed by atoms with Crippen molar-refractivity contribution >= 4 is 34.9 Å². The van der Waals surface area contributed by atoms with Gasteiger partial charge in [-0.15, -0.1) is 10.2 Å². The Labute approximate surface area is 156 Å². The number of nitrogens with zero attached hydrogens (tertiary/aromatic N) is 3. The molecule has 0 spiro atoms. The monoisotopic (exact) mass is 393 g/mol. The number of carbonyl (C=O) groups excluding carboxylic acids is 1. The molecule has 0 saturated heterocycles. The molecule has 0 aliphatic carbocycles. The van der Waals surface area contributed by atoms with Crippen molar-refractivity contribution in [2.24, 2.45) is 0 Å². The van der Waals surface area contributed by atoms with Crippen molar-refractivity contribution in [1.29, 1.82) is 0 Å². The predicted octanol–water partition coefficient (Wildman–Crippen LogP) is 4.31. The van der Waals surface area contributed by atoms with E-state index in [9.17, 15) is 14.9 Å². The molecule has 1 heterocycles. The largest absolute Gasteiger partial charge is 0.452 e. The van der Waals surface area contributed by atoms with E-state index >= 15 is 0 Å². The Kier molecular flexibility index (Phi) is 5.15. The highest BCUT2D eigenvalue weighted by Crippen LogP contribution is 2.26. The summed E-state index contributed by atoms with van der Waals surface area (Å²) in [6.45, 7) is -0.277. The second-order valence-corrected chi connectivity index (χ2v) is 5.79. The predicted molar refractivity (Wildman–Crippen MR) is 92.0 cm³/mol. The Morgan fingerprint density at radius 3 is 2.38 bits per heavy atom. The van der Waals surface area contributed by atoms with Crippen LogP contribution in [-0.2, 0) is 11.3 Å². The first-order chi connectivity index (χ1) is 12.5. The Balaban J connectivity index is 1.69. The molecule has 0 radical (unpaired) electrons. The first-order valence-corrected chi connectivity index (χ1v) is 7.89. The molecule has 2 aromatic carbocycles. The van der Waals surface area contributed by atoms with Crippen LogP contribution in [-0.4, -0.2) is 21.1 Å². The number of nitro benzene ring substituents is 1. The summed E-state index contributed by atoms with van der Waals surface area (Å²) in [4.78, 5) is 22.2. The van der Waals surface area contributed by atoms with Gasteiger partial charge in [0.15, 0.2) is 6.61 Å². The van der Waals surface area contributed by atoms with E-state index in [0.29, 0.717) is 5.56 Å². The van der Waals surface area contributed by atoms with Crippen molar-refractivity contribution in [2.45, 2.75) is 6.61 Å². The van der Waals surface area contributed by atoms with Gasteiger partial charge in [0.25, 0.3) is 11.6 Å². The first-order valence-electron chi connectivity index (χ1n) is 7.14. The second kappa shape index (κ2) is 7.51. The van der Waals surface area contributed by atoms with E-state index in [1.165, 1.54) is 36.4 Å². The Morgan fingerprint density at radius 1 is 1.12 bits per heavy atom. The summed E-state index contributed by atoms with van der Waals surface area (Å²) in [5.41, 5.74) is 0.486. The summed E-state index contributed by atoms with van der Waals surface area (Å²) in [6, 6.07) is 10.2. The van der Waals surface area contributed by atoms with Gasteiger partial charge in [-0.1, -0.05) is 29.3 Å². The third-order valence-corrected chi connectivity index (χ3v) is 3.92. The fraction of sp³-hybridized carbons (Fsp3) is 0.0625. The van der Waals surface area contributed by atoms with Gasteiger partial charge in [0.2, 0.25) is 5.89 Å². The van der Waals surface area contributed by atoms with E-state index in [4.69, 9.17) is 32.4 Å². The normalized spacial score (nSPS) is 10.5. The molecule has 0 saturated carbocycles. The molecule has 3 rings (SSSR count). The Hall–Kier alpha value is -2.97. The molecule has 1 aromatic heterocycles. The van der Waals surface area contributed by atoms with Gasteiger partial charge >= 0.3 is 5.97 Å². The van der Waals surface area contributed by atoms with Crippen molar-refractivity contribution in [3.63, 3.8) is 0 Å². The van der Waals surface area contributed by atoms with E-state index < -0.39 is 10.9 Å². The average molecular weight is 394 g/mol. The van der Waals surface area contributed by atoms with Crippen LogP contribution in [0.5, 0.6) is 0 Å².